The highest BCUT2D eigenvalue weighted by Gasteiger charge is 2.23. The lowest BCUT2D eigenvalue weighted by atomic mass is 9.96. The number of nitrogens with zero attached hydrogens (tertiary/aromatic N) is 3. The third kappa shape index (κ3) is 3.98. The van der Waals surface area contributed by atoms with Gasteiger partial charge in [-0.1, -0.05) is 31.4 Å². The van der Waals surface area contributed by atoms with E-state index in [0.29, 0.717) is 11.3 Å². The smallest absolute Gasteiger partial charge is 0.317 e. The van der Waals surface area contributed by atoms with Gasteiger partial charge in [0, 0.05) is 12.3 Å². The van der Waals surface area contributed by atoms with Crippen molar-refractivity contribution in [2.75, 3.05) is 7.05 Å². The van der Waals surface area contributed by atoms with Gasteiger partial charge in [-0.3, -0.25) is 31.0 Å². The van der Waals surface area contributed by atoms with Crippen LogP contribution in [0, 0.1) is 15.5 Å². The van der Waals surface area contributed by atoms with Crippen molar-refractivity contribution in [2.45, 2.75) is 38.1 Å². The minimum absolute atomic E-state index is 0.319. The molecule has 1 heterocycles. The van der Waals surface area contributed by atoms with Gasteiger partial charge in [-0.05, 0) is 36.7 Å². The molecule has 0 spiro atoms. The first-order chi connectivity index (χ1) is 12.5. The number of hydrogen-bond acceptors (Lipinski definition) is 6. The molecule has 3 rings (SSSR count). The quantitative estimate of drug-likeness (QED) is 0.313. The van der Waals surface area contributed by atoms with Gasteiger partial charge in [0.25, 0.3) is 0 Å². The predicted octanol–water partition coefficient (Wildman–Crippen LogP) is 0.945. The monoisotopic (exact) mass is 374 g/mol. The average molecular weight is 374 g/mol. The normalized spacial score (nSPS) is 19.5. The number of aliphatic imine (C=N–C) groups is 1. The standard InChI is InChI=1S/C17H22N6O2S/c1-22-17(20-13-5-3-2-4-6-13)26-16(21-22)12-9-7-11(8-10-12)14(15(18)19)23(24)25/h7-10,13,21H,2-6H2,1H3,(H3,18,19). The Hall–Kier alpha value is -2.55. The second-order valence-corrected chi connectivity index (χ2v) is 7.38. The highest BCUT2D eigenvalue weighted by atomic mass is 32.2. The van der Waals surface area contributed by atoms with Crippen LogP contribution in [0.15, 0.2) is 29.3 Å². The molecule has 1 saturated carbocycles. The molecule has 1 saturated heterocycles. The van der Waals surface area contributed by atoms with E-state index in [2.05, 4.69) is 5.43 Å². The van der Waals surface area contributed by atoms with Crippen LogP contribution < -0.4 is 21.6 Å². The minimum atomic E-state index is -0.629. The second kappa shape index (κ2) is 7.77. The van der Waals surface area contributed by atoms with Crippen LogP contribution >= 0.6 is 11.8 Å². The van der Waals surface area contributed by atoms with Crippen molar-refractivity contribution in [1.82, 2.24) is 10.4 Å². The summed E-state index contributed by atoms with van der Waals surface area (Å²) in [6, 6.07) is 7.19. The lowest BCUT2D eigenvalue weighted by Crippen LogP contribution is -2.31. The molecule has 0 unspecified atom stereocenters. The van der Waals surface area contributed by atoms with Crippen LogP contribution in [0.3, 0.4) is 0 Å². The third-order valence-corrected chi connectivity index (χ3v) is 5.57. The number of hydrazine groups is 1. The van der Waals surface area contributed by atoms with Gasteiger partial charge in [0.1, 0.15) is 5.03 Å². The molecule has 0 amide bonds. The van der Waals surface area contributed by atoms with Crippen LogP contribution in [0.1, 0.15) is 32.1 Å². The number of benzene rings is 1. The SMILES string of the molecule is CN1NC(=c2ccc(=C(C(=N)N)[N+](=O)[O-])cc2)SC1=NC1CCCCC1. The molecule has 4 N–H and O–H groups in total. The maximum atomic E-state index is 11.1. The van der Waals surface area contributed by atoms with E-state index in [1.165, 1.54) is 19.3 Å². The first-order valence-electron chi connectivity index (χ1n) is 8.55. The fourth-order valence-electron chi connectivity index (χ4n) is 3.12. The summed E-state index contributed by atoms with van der Waals surface area (Å²) in [5.74, 6) is -0.551. The van der Waals surface area contributed by atoms with Crippen LogP contribution in [-0.4, -0.2) is 34.0 Å². The number of amidine groups is 2. The fraction of sp³-hybridized carbons (Fsp3) is 0.412. The Kier molecular flexibility index (Phi) is 5.46. The molecule has 8 nitrogen and oxygen atoms in total. The largest absolute Gasteiger partial charge is 0.378 e. The van der Waals surface area contributed by atoms with Crippen molar-refractivity contribution in [3.05, 3.63) is 44.8 Å². The molecule has 0 bridgehead atoms. The first kappa shape index (κ1) is 18.2. The molecular formula is C17H22N6O2S. The molecule has 0 atom stereocenters. The van der Waals surface area contributed by atoms with Crippen LogP contribution in [0.4, 0.5) is 0 Å². The van der Waals surface area contributed by atoms with Gasteiger partial charge in [-0.25, -0.2) is 0 Å². The number of hydrogen-bond donors (Lipinski definition) is 3. The van der Waals surface area contributed by atoms with E-state index >= 15 is 0 Å². The average Bonchev–Trinajstić information content (AvgIpc) is 2.96. The summed E-state index contributed by atoms with van der Waals surface area (Å²) < 4.78 is 0. The van der Waals surface area contributed by atoms with E-state index in [1.807, 2.05) is 12.1 Å². The molecule has 1 aromatic carbocycles. The molecule has 0 radical (unpaired) electrons. The zero-order valence-corrected chi connectivity index (χ0v) is 15.4. The van der Waals surface area contributed by atoms with Gasteiger partial charge in [0.05, 0.1) is 16.2 Å². The maximum Gasteiger partial charge on any atom is 0.317 e. The van der Waals surface area contributed by atoms with Crippen LogP contribution in [-0.2, 0) is 0 Å². The summed E-state index contributed by atoms with van der Waals surface area (Å²) in [7, 11) is 1.93. The van der Waals surface area contributed by atoms with E-state index in [0.717, 1.165) is 28.3 Å². The molecule has 1 aliphatic heterocycles. The van der Waals surface area contributed by atoms with E-state index in [4.69, 9.17) is 16.1 Å². The predicted molar refractivity (Wildman–Crippen MR) is 104 cm³/mol. The van der Waals surface area contributed by atoms with Crippen molar-refractivity contribution in [3.63, 3.8) is 0 Å². The van der Waals surface area contributed by atoms with E-state index in [9.17, 15) is 10.1 Å². The van der Waals surface area contributed by atoms with Crippen molar-refractivity contribution >= 4 is 33.5 Å². The lowest BCUT2D eigenvalue weighted by Gasteiger charge is -2.19. The molecule has 1 aromatic rings. The number of rotatable bonds is 3. The number of thioether (sulfide) groups is 1. The number of nitrogens with one attached hydrogen (secondary N) is 2. The Bertz CT molecular complexity index is 836. The Morgan fingerprint density at radius 1 is 1.35 bits per heavy atom. The van der Waals surface area contributed by atoms with E-state index in [-0.39, 0.29) is 5.70 Å². The molecule has 0 aromatic heterocycles. The Morgan fingerprint density at radius 2 is 2.00 bits per heavy atom. The molecule has 2 fully saturated rings. The summed E-state index contributed by atoms with van der Waals surface area (Å²) in [5, 5.41) is 23.4. The molecule has 1 aliphatic carbocycles. The fourth-order valence-corrected chi connectivity index (χ4v) is 4.13. The summed E-state index contributed by atoms with van der Waals surface area (Å²) in [6.45, 7) is 0. The van der Waals surface area contributed by atoms with E-state index in [1.54, 1.807) is 36.0 Å². The van der Waals surface area contributed by atoms with Crippen LogP contribution in [0.5, 0.6) is 0 Å². The maximum absolute atomic E-state index is 11.1. The molecule has 138 valence electrons. The van der Waals surface area contributed by atoms with Gasteiger partial charge in [0.2, 0.25) is 0 Å². The number of nitro groups is 1. The van der Waals surface area contributed by atoms with Crippen LogP contribution in [0.25, 0.3) is 10.7 Å². The highest BCUT2D eigenvalue weighted by Crippen LogP contribution is 2.27. The zero-order valence-electron chi connectivity index (χ0n) is 14.6. The summed E-state index contributed by atoms with van der Waals surface area (Å²) in [5.41, 5.74) is 8.21. The van der Waals surface area contributed by atoms with Crippen molar-refractivity contribution in [1.29, 1.82) is 5.41 Å². The molecule has 26 heavy (non-hydrogen) atoms. The Labute approximate surface area is 155 Å². The summed E-state index contributed by atoms with van der Waals surface area (Å²) in [4.78, 5) is 15.3. The lowest BCUT2D eigenvalue weighted by molar-refractivity contribution is -0.372. The second-order valence-electron chi connectivity index (χ2n) is 6.40. The topological polar surface area (TPSA) is 121 Å². The summed E-state index contributed by atoms with van der Waals surface area (Å²) >= 11 is 1.57. The summed E-state index contributed by atoms with van der Waals surface area (Å²) in [6.07, 6.45) is 6.08. The third-order valence-electron chi connectivity index (χ3n) is 4.48. The molecule has 9 heteroatoms. The Morgan fingerprint density at radius 3 is 2.58 bits per heavy atom. The number of nitrogens with two attached hydrogens (primary N) is 1. The Balaban J connectivity index is 1.90. The highest BCUT2D eigenvalue weighted by molar-refractivity contribution is 8.21. The van der Waals surface area contributed by atoms with Crippen molar-refractivity contribution < 1.29 is 4.92 Å². The minimum Gasteiger partial charge on any atom is -0.378 e. The van der Waals surface area contributed by atoms with Crippen molar-refractivity contribution in [3.8, 4) is 0 Å². The molecular weight excluding hydrogens is 352 g/mol. The molecule has 2 aliphatic rings. The van der Waals surface area contributed by atoms with Gasteiger partial charge in [0.15, 0.2) is 11.0 Å². The first-order valence-corrected chi connectivity index (χ1v) is 9.37. The van der Waals surface area contributed by atoms with Gasteiger partial charge >= 0.3 is 5.70 Å². The van der Waals surface area contributed by atoms with Gasteiger partial charge < -0.3 is 5.73 Å². The van der Waals surface area contributed by atoms with Gasteiger partial charge in [-0.15, -0.1) is 0 Å². The van der Waals surface area contributed by atoms with Crippen molar-refractivity contribution in [2.24, 2.45) is 10.7 Å². The van der Waals surface area contributed by atoms with Crippen LogP contribution in [0.2, 0.25) is 0 Å². The zero-order chi connectivity index (χ0) is 18.7. The van der Waals surface area contributed by atoms with Gasteiger partial charge in [-0.2, -0.15) is 0 Å². The van der Waals surface area contributed by atoms with E-state index < -0.39 is 10.8 Å².